The summed E-state index contributed by atoms with van der Waals surface area (Å²) in [5, 5.41) is 10.9. The maximum atomic E-state index is 15.0. The third kappa shape index (κ3) is 4.05. The lowest BCUT2D eigenvalue weighted by atomic mass is 9.39. The summed E-state index contributed by atoms with van der Waals surface area (Å²) in [4.78, 5) is 44.4. The number of rotatable bonds is 7. The molecule has 5 nitrogen and oxygen atoms in total. The Balaban J connectivity index is 2.06. The third-order valence-corrected chi connectivity index (χ3v) is 9.16. The molecule has 0 saturated heterocycles. The molecule has 1 aromatic rings. The fraction of sp³-hybridized carbons (Fsp3) is 0.545. The van der Waals surface area contributed by atoms with Gasteiger partial charge in [0.25, 0.3) is 0 Å². The summed E-state index contributed by atoms with van der Waals surface area (Å²) in [6.45, 7) is 15.2. The number of fused-ring (bicyclic) bond motifs is 3. The highest BCUT2D eigenvalue weighted by Gasteiger charge is 2.76. The van der Waals surface area contributed by atoms with E-state index >= 15 is 4.79 Å². The molecule has 204 valence electrons. The van der Waals surface area contributed by atoms with E-state index in [2.05, 4.69) is 6.08 Å². The van der Waals surface area contributed by atoms with Crippen molar-refractivity contribution in [2.75, 3.05) is 0 Å². The summed E-state index contributed by atoms with van der Waals surface area (Å²) < 4.78 is 6.40. The fourth-order valence-corrected chi connectivity index (χ4v) is 6.78. The number of carbonyl (C=O) groups is 3. The minimum atomic E-state index is -1.88. The van der Waals surface area contributed by atoms with Crippen LogP contribution in [0.3, 0.4) is 0 Å². The molecule has 1 aliphatic heterocycles. The number of allylic oxidation sites excluding steroid dienone is 5. The predicted octanol–water partition coefficient (Wildman–Crippen LogP) is 6.57. The molecule has 3 aliphatic rings. The number of aliphatic hydroxyl groups is 1. The molecule has 2 aliphatic carbocycles. The van der Waals surface area contributed by atoms with Crippen LogP contribution < -0.4 is 0 Å². The molecule has 1 N–H and O–H groups in total. The summed E-state index contributed by atoms with van der Waals surface area (Å²) in [5.74, 6) is -0.977. The lowest BCUT2D eigenvalue weighted by molar-refractivity contribution is -0.166. The van der Waals surface area contributed by atoms with Crippen molar-refractivity contribution in [3.8, 4) is 0 Å². The number of hydrogen-bond acceptors (Lipinski definition) is 5. The average Bonchev–Trinajstić information content (AvgIpc) is 3.30. The van der Waals surface area contributed by atoms with Gasteiger partial charge in [0.05, 0.1) is 11.0 Å². The van der Waals surface area contributed by atoms with Crippen molar-refractivity contribution in [3.05, 3.63) is 70.5 Å². The minimum Gasteiger partial charge on any atom is -0.490 e. The second-order valence-corrected chi connectivity index (χ2v) is 13.1. The molecule has 4 rings (SSSR count). The van der Waals surface area contributed by atoms with Gasteiger partial charge in [0, 0.05) is 17.6 Å². The maximum absolute atomic E-state index is 15.0. The standard InChI is InChI=1S/C33H42O5/c1-20(2)14-15-23-19-32(17-16-21(3)4)28-24(18-25(38-28)31(7,8)37)27(35)33(29(32)36,30(23,5)6)26(34)22-12-10-9-11-13-22/h9-14,16,23,25,37H,15,17-19H2,1-8H3/t23-,25+,32-,33+/m1/s1. The summed E-state index contributed by atoms with van der Waals surface area (Å²) in [6.07, 6.45) is 5.14. The van der Waals surface area contributed by atoms with Gasteiger partial charge < -0.3 is 9.84 Å². The quantitative estimate of drug-likeness (QED) is 0.251. The van der Waals surface area contributed by atoms with Gasteiger partial charge in [-0.2, -0.15) is 0 Å². The van der Waals surface area contributed by atoms with Gasteiger partial charge >= 0.3 is 0 Å². The molecule has 4 atom stereocenters. The van der Waals surface area contributed by atoms with Gasteiger partial charge in [-0.15, -0.1) is 0 Å². The van der Waals surface area contributed by atoms with Gasteiger partial charge in [0.2, 0.25) is 0 Å². The Labute approximate surface area is 227 Å². The topological polar surface area (TPSA) is 80.7 Å². The summed E-state index contributed by atoms with van der Waals surface area (Å²) in [6, 6.07) is 8.74. The highest BCUT2D eigenvalue weighted by molar-refractivity contribution is 6.36. The van der Waals surface area contributed by atoms with Crippen LogP contribution in [-0.2, 0) is 14.3 Å². The Hall–Kier alpha value is -2.79. The van der Waals surface area contributed by atoms with Gasteiger partial charge in [-0.05, 0) is 72.1 Å². The van der Waals surface area contributed by atoms with E-state index < -0.39 is 39.5 Å². The molecule has 0 spiro atoms. The van der Waals surface area contributed by atoms with Gasteiger partial charge in [-0.1, -0.05) is 67.5 Å². The molecular formula is C33H42O5. The van der Waals surface area contributed by atoms with Crippen LogP contribution in [-0.4, -0.2) is 34.2 Å². The highest BCUT2D eigenvalue weighted by atomic mass is 16.5. The average molecular weight is 519 g/mol. The fourth-order valence-electron chi connectivity index (χ4n) is 6.78. The summed E-state index contributed by atoms with van der Waals surface area (Å²) >= 11 is 0. The van der Waals surface area contributed by atoms with E-state index in [-0.39, 0.29) is 18.1 Å². The number of hydrogen-bond donors (Lipinski definition) is 1. The molecular weight excluding hydrogens is 476 g/mol. The molecule has 1 saturated carbocycles. The zero-order valence-corrected chi connectivity index (χ0v) is 24.1. The lowest BCUT2D eigenvalue weighted by Gasteiger charge is -2.59. The first-order chi connectivity index (χ1) is 17.6. The number of Topliss-reactive ketones (excluding diaryl/α,β-unsaturated/α-hetero) is 3. The Morgan fingerprint density at radius 2 is 1.66 bits per heavy atom. The van der Waals surface area contributed by atoms with Crippen LogP contribution in [0.2, 0.25) is 0 Å². The molecule has 1 fully saturated rings. The zero-order chi connectivity index (χ0) is 28.3. The monoisotopic (exact) mass is 518 g/mol. The summed E-state index contributed by atoms with van der Waals surface area (Å²) in [5.41, 5.74) is -2.23. The number of ether oxygens (including phenoxy) is 1. The predicted molar refractivity (Wildman–Crippen MR) is 148 cm³/mol. The third-order valence-electron chi connectivity index (χ3n) is 9.16. The van der Waals surface area contributed by atoms with Crippen molar-refractivity contribution >= 4 is 17.3 Å². The molecule has 0 amide bonds. The van der Waals surface area contributed by atoms with E-state index in [1.54, 1.807) is 38.1 Å². The highest BCUT2D eigenvalue weighted by Crippen LogP contribution is 2.67. The molecule has 5 heteroatoms. The molecule has 0 unspecified atom stereocenters. The van der Waals surface area contributed by atoms with Crippen LogP contribution in [0.5, 0.6) is 0 Å². The zero-order valence-electron chi connectivity index (χ0n) is 24.1. The van der Waals surface area contributed by atoms with Crippen molar-refractivity contribution in [2.45, 2.75) is 92.8 Å². The second kappa shape index (κ2) is 9.44. The van der Waals surface area contributed by atoms with E-state index in [1.807, 2.05) is 53.7 Å². The molecule has 1 aromatic carbocycles. The smallest absolute Gasteiger partial charge is 0.184 e. The van der Waals surface area contributed by atoms with Crippen LogP contribution in [0.4, 0.5) is 0 Å². The lowest BCUT2D eigenvalue weighted by Crippen LogP contribution is -2.69. The molecule has 2 bridgehead atoms. The van der Waals surface area contributed by atoms with E-state index in [1.165, 1.54) is 0 Å². The van der Waals surface area contributed by atoms with Crippen LogP contribution in [0.15, 0.2) is 65.0 Å². The van der Waals surface area contributed by atoms with Crippen molar-refractivity contribution in [3.63, 3.8) is 0 Å². The van der Waals surface area contributed by atoms with Gasteiger partial charge in [-0.25, -0.2) is 0 Å². The molecule has 0 aromatic heterocycles. The van der Waals surface area contributed by atoms with Crippen LogP contribution in [0.25, 0.3) is 0 Å². The first-order valence-corrected chi connectivity index (χ1v) is 13.7. The summed E-state index contributed by atoms with van der Waals surface area (Å²) in [7, 11) is 0. The Kier molecular flexibility index (Phi) is 7.01. The number of benzene rings is 1. The van der Waals surface area contributed by atoms with Crippen molar-refractivity contribution in [2.24, 2.45) is 22.2 Å². The Morgan fingerprint density at radius 1 is 1.05 bits per heavy atom. The first kappa shape index (κ1) is 28.2. The van der Waals surface area contributed by atoms with Gasteiger partial charge in [-0.3, -0.25) is 14.4 Å². The van der Waals surface area contributed by atoms with Crippen LogP contribution in [0, 0.1) is 22.2 Å². The minimum absolute atomic E-state index is 0.129. The van der Waals surface area contributed by atoms with Crippen molar-refractivity contribution in [1.29, 1.82) is 0 Å². The SMILES string of the molecule is CC(C)=CC[C@@H]1C[C@@]2(CC=C(C)C)C(=O)[C@](C(=O)c3ccccc3)(C(=O)C3=C2O[C@H](C(C)(C)O)C3)C1(C)C. The van der Waals surface area contributed by atoms with E-state index in [9.17, 15) is 14.7 Å². The normalized spacial score (nSPS) is 29.9. The van der Waals surface area contributed by atoms with Gasteiger partial charge in [0.1, 0.15) is 11.9 Å². The number of ketones is 3. The molecule has 0 radical (unpaired) electrons. The maximum Gasteiger partial charge on any atom is 0.184 e. The molecule has 38 heavy (non-hydrogen) atoms. The Morgan fingerprint density at radius 3 is 2.21 bits per heavy atom. The Bertz CT molecular complexity index is 1250. The van der Waals surface area contributed by atoms with Crippen molar-refractivity contribution in [1.82, 2.24) is 0 Å². The van der Waals surface area contributed by atoms with E-state index in [0.29, 0.717) is 36.2 Å². The first-order valence-electron chi connectivity index (χ1n) is 13.7. The van der Waals surface area contributed by atoms with Crippen molar-refractivity contribution < 1.29 is 24.2 Å². The van der Waals surface area contributed by atoms with Crippen LogP contribution in [0.1, 0.15) is 91.4 Å². The number of carbonyl (C=O) groups excluding carboxylic acids is 3. The molecule has 1 heterocycles. The van der Waals surface area contributed by atoms with Gasteiger partial charge in [0.15, 0.2) is 22.8 Å². The van der Waals surface area contributed by atoms with Crippen LogP contribution >= 0.6 is 0 Å². The van der Waals surface area contributed by atoms with E-state index in [0.717, 1.165) is 11.1 Å². The second-order valence-electron chi connectivity index (χ2n) is 13.1. The largest absolute Gasteiger partial charge is 0.490 e. The van der Waals surface area contributed by atoms with E-state index in [4.69, 9.17) is 4.74 Å².